The number of aromatic nitrogens is 5. The van der Waals surface area contributed by atoms with Crippen LogP contribution in [-0.4, -0.2) is 50.7 Å². The van der Waals surface area contributed by atoms with Crippen molar-refractivity contribution in [2.75, 3.05) is 36.0 Å². The number of nitrogens with zero attached hydrogens (tertiary/aromatic N) is 7. The summed E-state index contributed by atoms with van der Waals surface area (Å²) in [5.41, 5.74) is 2.02. The normalized spacial score (nSPS) is 15.5. The van der Waals surface area contributed by atoms with Crippen molar-refractivity contribution in [2.24, 2.45) is 0 Å². The molecule has 0 aromatic carbocycles. The Kier molecular flexibility index (Phi) is 3.76. The van der Waals surface area contributed by atoms with Gasteiger partial charge in [0.15, 0.2) is 5.65 Å². The van der Waals surface area contributed by atoms with Crippen molar-refractivity contribution in [3.63, 3.8) is 0 Å². The smallest absolute Gasteiger partial charge is 0.157 e. The summed E-state index contributed by atoms with van der Waals surface area (Å²) < 4.78 is 1.93. The van der Waals surface area contributed by atoms with Crippen molar-refractivity contribution in [3.8, 4) is 0 Å². The van der Waals surface area contributed by atoms with Crippen LogP contribution in [0.15, 0.2) is 36.9 Å². The summed E-state index contributed by atoms with van der Waals surface area (Å²) in [4.78, 5) is 17.9. The molecule has 1 aliphatic rings. The Labute approximate surface area is 141 Å². The third kappa shape index (κ3) is 2.66. The van der Waals surface area contributed by atoms with Crippen molar-refractivity contribution in [1.29, 1.82) is 0 Å². The molecule has 0 spiro atoms. The first kappa shape index (κ1) is 14.9. The van der Waals surface area contributed by atoms with Gasteiger partial charge in [0.1, 0.15) is 11.6 Å². The van der Waals surface area contributed by atoms with E-state index in [0.29, 0.717) is 5.92 Å². The monoisotopic (exact) mass is 323 g/mol. The maximum atomic E-state index is 4.70. The molecule has 0 saturated carbocycles. The van der Waals surface area contributed by atoms with Gasteiger partial charge in [-0.3, -0.25) is 4.98 Å². The third-order valence-corrected chi connectivity index (χ3v) is 4.43. The molecule has 24 heavy (non-hydrogen) atoms. The fraction of sp³-hybridized carbons (Fsp3) is 0.412. The molecule has 0 radical (unpaired) electrons. The Morgan fingerprint density at radius 2 is 1.79 bits per heavy atom. The lowest BCUT2D eigenvalue weighted by Gasteiger charge is -2.36. The van der Waals surface area contributed by atoms with Crippen LogP contribution in [0.4, 0.5) is 11.6 Å². The minimum absolute atomic E-state index is 0.393. The van der Waals surface area contributed by atoms with Gasteiger partial charge in [0, 0.05) is 56.4 Å². The fourth-order valence-corrected chi connectivity index (χ4v) is 3.06. The molecule has 7 heteroatoms. The standard InChI is InChI=1S/C17H21N7/c1-13(2)14-11-17(24-15(21-14)3-4-20-24)23-9-7-22(8-10-23)16-12-18-5-6-19-16/h3-6,11-13H,7-10H2,1-2H3. The molecule has 7 nitrogen and oxygen atoms in total. The van der Waals surface area contributed by atoms with Crippen LogP contribution in [-0.2, 0) is 0 Å². The van der Waals surface area contributed by atoms with Gasteiger partial charge in [-0.05, 0) is 5.92 Å². The van der Waals surface area contributed by atoms with Crippen molar-refractivity contribution in [1.82, 2.24) is 24.6 Å². The summed E-state index contributed by atoms with van der Waals surface area (Å²) in [5, 5.41) is 4.45. The van der Waals surface area contributed by atoms with Crippen LogP contribution in [0.2, 0.25) is 0 Å². The lowest BCUT2D eigenvalue weighted by molar-refractivity contribution is 0.631. The Balaban J connectivity index is 1.59. The lowest BCUT2D eigenvalue weighted by Crippen LogP contribution is -2.47. The van der Waals surface area contributed by atoms with E-state index in [-0.39, 0.29) is 0 Å². The van der Waals surface area contributed by atoms with Crippen molar-refractivity contribution >= 4 is 17.3 Å². The van der Waals surface area contributed by atoms with Crippen LogP contribution < -0.4 is 9.80 Å². The lowest BCUT2D eigenvalue weighted by atomic mass is 10.1. The number of anilines is 2. The molecule has 0 bridgehead atoms. The van der Waals surface area contributed by atoms with E-state index in [1.807, 2.05) is 23.0 Å². The molecule has 3 aromatic rings. The average Bonchev–Trinajstić information content (AvgIpc) is 3.10. The predicted molar refractivity (Wildman–Crippen MR) is 93.5 cm³/mol. The van der Waals surface area contributed by atoms with Crippen LogP contribution in [0.3, 0.4) is 0 Å². The summed E-state index contributed by atoms with van der Waals surface area (Å²) in [6, 6.07) is 4.13. The Morgan fingerprint density at radius 3 is 2.50 bits per heavy atom. The molecule has 4 heterocycles. The zero-order valence-electron chi connectivity index (χ0n) is 14.0. The summed E-state index contributed by atoms with van der Waals surface area (Å²) in [7, 11) is 0. The second-order valence-corrected chi connectivity index (χ2v) is 6.33. The quantitative estimate of drug-likeness (QED) is 0.734. The highest BCUT2D eigenvalue weighted by molar-refractivity contribution is 5.52. The van der Waals surface area contributed by atoms with Crippen LogP contribution in [0.25, 0.3) is 5.65 Å². The highest BCUT2D eigenvalue weighted by Gasteiger charge is 2.21. The van der Waals surface area contributed by atoms with E-state index in [4.69, 9.17) is 4.98 Å². The first-order chi connectivity index (χ1) is 11.7. The number of piperazine rings is 1. The summed E-state index contributed by atoms with van der Waals surface area (Å²) in [6.45, 7) is 8.03. The van der Waals surface area contributed by atoms with Crippen LogP contribution in [0, 0.1) is 0 Å². The van der Waals surface area contributed by atoms with E-state index >= 15 is 0 Å². The van der Waals surface area contributed by atoms with E-state index in [1.165, 1.54) is 0 Å². The van der Waals surface area contributed by atoms with E-state index in [0.717, 1.165) is 49.2 Å². The molecule has 0 aliphatic carbocycles. The van der Waals surface area contributed by atoms with E-state index < -0.39 is 0 Å². The molecule has 4 rings (SSSR count). The first-order valence-electron chi connectivity index (χ1n) is 8.33. The molecule has 0 unspecified atom stereocenters. The molecule has 3 aromatic heterocycles. The zero-order valence-corrected chi connectivity index (χ0v) is 14.0. The summed E-state index contributed by atoms with van der Waals surface area (Å²) in [5.74, 6) is 2.45. The molecule has 124 valence electrons. The van der Waals surface area contributed by atoms with Crippen LogP contribution in [0.1, 0.15) is 25.5 Å². The van der Waals surface area contributed by atoms with E-state index in [2.05, 4.69) is 44.8 Å². The minimum Gasteiger partial charge on any atom is -0.353 e. The topological polar surface area (TPSA) is 62.5 Å². The van der Waals surface area contributed by atoms with Gasteiger partial charge in [-0.15, -0.1) is 0 Å². The number of hydrogen-bond acceptors (Lipinski definition) is 6. The minimum atomic E-state index is 0.393. The van der Waals surface area contributed by atoms with Crippen molar-refractivity contribution < 1.29 is 0 Å². The highest BCUT2D eigenvalue weighted by atomic mass is 15.4. The third-order valence-electron chi connectivity index (χ3n) is 4.43. The summed E-state index contributed by atoms with van der Waals surface area (Å²) >= 11 is 0. The van der Waals surface area contributed by atoms with Gasteiger partial charge >= 0.3 is 0 Å². The Bertz CT molecular complexity index is 819. The largest absolute Gasteiger partial charge is 0.353 e. The summed E-state index contributed by atoms with van der Waals surface area (Å²) in [6.07, 6.45) is 7.09. The second-order valence-electron chi connectivity index (χ2n) is 6.33. The van der Waals surface area contributed by atoms with Gasteiger partial charge in [0.2, 0.25) is 0 Å². The van der Waals surface area contributed by atoms with Gasteiger partial charge in [0.25, 0.3) is 0 Å². The van der Waals surface area contributed by atoms with E-state index in [9.17, 15) is 0 Å². The second kappa shape index (κ2) is 6.07. The van der Waals surface area contributed by atoms with Crippen LogP contribution in [0.5, 0.6) is 0 Å². The highest BCUT2D eigenvalue weighted by Crippen LogP contribution is 2.23. The maximum Gasteiger partial charge on any atom is 0.157 e. The van der Waals surface area contributed by atoms with Crippen LogP contribution >= 0.6 is 0 Å². The number of rotatable bonds is 3. The first-order valence-corrected chi connectivity index (χ1v) is 8.33. The molecule has 0 N–H and O–H groups in total. The van der Waals surface area contributed by atoms with Crippen molar-refractivity contribution in [2.45, 2.75) is 19.8 Å². The van der Waals surface area contributed by atoms with Crippen molar-refractivity contribution in [3.05, 3.63) is 42.6 Å². The molecule has 1 saturated heterocycles. The predicted octanol–water partition coefficient (Wildman–Crippen LogP) is 1.97. The SMILES string of the molecule is CC(C)c1cc(N2CCN(c3cnccn3)CC2)n2nccc2n1. The Morgan fingerprint density at radius 1 is 1.00 bits per heavy atom. The maximum absolute atomic E-state index is 4.70. The molecule has 0 amide bonds. The van der Waals surface area contributed by atoms with E-state index in [1.54, 1.807) is 12.4 Å². The zero-order chi connectivity index (χ0) is 16.5. The number of fused-ring (bicyclic) bond motifs is 1. The molecule has 0 atom stereocenters. The average molecular weight is 323 g/mol. The van der Waals surface area contributed by atoms with Gasteiger partial charge in [-0.2, -0.15) is 9.61 Å². The van der Waals surface area contributed by atoms with Gasteiger partial charge in [-0.25, -0.2) is 9.97 Å². The molecule has 1 fully saturated rings. The van der Waals surface area contributed by atoms with Gasteiger partial charge in [-0.1, -0.05) is 13.8 Å². The van der Waals surface area contributed by atoms with Gasteiger partial charge in [0.05, 0.1) is 12.4 Å². The van der Waals surface area contributed by atoms with Gasteiger partial charge < -0.3 is 9.80 Å². The fourth-order valence-electron chi connectivity index (χ4n) is 3.06. The molecule has 1 aliphatic heterocycles. The molecular weight excluding hydrogens is 302 g/mol. The molecular formula is C17H21N7. The Hall–Kier alpha value is -2.70. The number of hydrogen-bond donors (Lipinski definition) is 0.